The van der Waals surface area contributed by atoms with Gasteiger partial charge in [-0.1, -0.05) is 42.8 Å². The van der Waals surface area contributed by atoms with Crippen LogP contribution in [0.15, 0.2) is 59.4 Å². The zero-order valence-electron chi connectivity index (χ0n) is 19.1. The van der Waals surface area contributed by atoms with Crippen LogP contribution in [-0.4, -0.2) is 20.3 Å². The molecule has 1 atom stereocenters. The third-order valence-corrected chi connectivity index (χ3v) is 5.88. The summed E-state index contributed by atoms with van der Waals surface area (Å²) in [5, 5.41) is 8.66. The van der Waals surface area contributed by atoms with Crippen molar-refractivity contribution < 1.29 is 4.79 Å². The number of amides is 1. The van der Waals surface area contributed by atoms with Crippen molar-refractivity contribution in [2.75, 3.05) is 5.32 Å². The number of para-hydroxylation sites is 1. The van der Waals surface area contributed by atoms with E-state index in [-0.39, 0.29) is 11.5 Å². The van der Waals surface area contributed by atoms with Crippen molar-refractivity contribution in [3.8, 4) is 5.69 Å². The average Bonchev–Trinajstić information content (AvgIpc) is 3.11. The van der Waals surface area contributed by atoms with Gasteiger partial charge in [0.15, 0.2) is 0 Å². The molecule has 0 saturated heterocycles. The summed E-state index contributed by atoms with van der Waals surface area (Å²) in [5.41, 5.74) is 5.81. The van der Waals surface area contributed by atoms with Crippen molar-refractivity contribution in [2.24, 2.45) is 0 Å². The summed E-state index contributed by atoms with van der Waals surface area (Å²) in [6, 6.07) is 16.5. The van der Waals surface area contributed by atoms with Crippen molar-refractivity contribution in [1.82, 2.24) is 14.3 Å². The number of nitrogens with zero attached hydrogens (tertiary/aromatic N) is 3. The number of anilines is 1. The van der Waals surface area contributed by atoms with Gasteiger partial charge in [0.1, 0.15) is 11.7 Å². The topological polar surface area (TPSA) is 68.9 Å². The number of fused-ring (bicyclic) bond motifs is 1. The van der Waals surface area contributed by atoms with Crippen LogP contribution in [-0.2, 0) is 4.79 Å². The molecule has 0 spiro atoms. The summed E-state index contributed by atoms with van der Waals surface area (Å²) < 4.78 is 3.36. The summed E-state index contributed by atoms with van der Waals surface area (Å²) >= 11 is 0. The zero-order valence-corrected chi connectivity index (χ0v) is 19.1. The van der Waals surface area contributed by atoms with Gasteiger partial charge in [0.2, 0.25) is 5.91 Å². The van der Waals surface area contributed by atoms with Gasteiger partial charge in [-0.3, -0.25) is 14.2 Å². The monoisotopic (exact) mass is 428 g/mol. The van der Waals surface area contributed by atoms with E-state index in [1.54, 1.807) is 15.3 Å². The highest BCUT2D eigenvalue weighted by Gasteiger charge is 2.26. The van der Waals surface area contributed by atoms with Gasteiger partial charge in [-0.25, -0.2) is 4.68 Å². The second-order valence-electron chi connectivity index (χ2n) is 8.30. The van der Waals surface area contributed by atoms with Crippen molar-refractivity contribution in [3.05, 3.63) is 87.3 Å². The SMILES string of the molecule is CCC(C(=O)Nc1ccc(C)cc1C)n1c(=O)cc(C)c2c(C)nn(-c3ccccc3)c21. The maximum absolute atomic E-state index is 13.4. The van der Waals surface area contributed by atoms with Gasteiger partial charge in [-0.15, -0.1) is 0 Å². The smallest absolute Gasteiger partial charge is 0.253 e. The van der Waals surface area contributed by atoms with Crippen LogP contribution in [0.1, 0.15) is 41.8 Å². The molecule has 6 nitrogen and oxygen atoms in total. The number of aromatic nitrogens is 3. The lowest BCUT2D eigenvalue weighted by atomic mass is 10.1. The Kier molecular flexibility index (Phi) is 5.70. The molecule has 1 unspecified atom stereocenters. The molecule has 2 aromatic carbocycles. The molecule has 0 aliphatic carbocycles. The minimum Gasteiger partial charge on any atom is -0.324 e. The van der Waals surface area contributed by atoms with Crippen molar-refractivity contribution in [2.45, 2.75) is 47.1 Å². The van der Waals surface area contributed by atoms with E-state index in [1.807, 2.05) is 83.1 Å². The Balaban J connectivity index is 1.90. The van der Waals surface area contributed by atoms with Gasteiger partial charge in [-0.05, 0) is 63.4 Å². The third kappa shape index (κ3) is 3.73. The molecule has 0 saturated carbocycles. The molecular formula is C26H28N4O2. The summed E-state index contributed by atoms with van der Waals surface area (Å²) in [7, 11) is 0. The number of benzene rings is 2. The number of aryl methyl sites for hydroxylation is 4. The van der Waals surface area contributed by atoms with Crippen molar-refractivity contribution in [1.29, 1.82) is 0 Å². The van der Waals surface area contributed by atoms with Crippen LogP contribution in [0.5, 0.6) is 0 Å². The van der Waals surface area contributed by atoms with Crippen LogP contribution in [0.25, 0.3) is 16.7 Å². The molecule has 0 aliphatic heterocycles. The standard InChI is InChI=1S/C26H28N4O2/c1-6-22(25(32)27-21-13-12-16(2)14-17(21)3)29-23(31)15-18(4)24-19(5)28-30(26(24)29)20-10-8-7-9-11-20/h7-15,22H,6H2,1-5H3,(H,27,32). The lowest BCUT2D eigenvalue weighted by Crippen LogP contribution is -2.34. The number of carbonyl (C=O) groups is 1. The normalized spacial score (nSPS) is 12.2. The van der Waals surface area contributed by atoms with Gasteiger partial charge >= 0.3 is 0 Å². The lowest BCUT2D eigenvalue weighted by Gasteiger charge is -2.21. The van der Waals surface area contributed by atoms with Crippen LogP contribution >= 0.6 is 0 Å². The molecule has 0 bridgehead atoms. The maximum atomic E-state index is 13.4. The van der Waals surface area contributed by atoms with Crippen LogP contribution in [0.4, 0.5) is 5.69 Å². The van der Waals surface area contributed by atoms with E-state index in [0.29, 0.717) is 12.1 Å². The number of pyridine rings is 1. The minimum absolute atomic E-state index is 0.213. The quantitative estimate of drug-likeness (QED) is 0.486. The molecule has 1 N–H and O–H groups in total. The first-order valence-electron chi connectivity index (χ1n) is 10.9. The van der Waals surface area contributed by atoms with Crippen LogP contribution in [0.2, 0.25) is 0 Å². The van der Waals surface area contributed by atoms with E-state index < -0.39 is 6.04 Å². The fourth-order valence-corrected chi connectivity index (χ4v) is 4.34. The van der Waals surface area contributed by atoms with Gasteiger partial charge in [0, 0.05) is 17.1 Å². The molecule has 4 aromatic rings. The zero-order chi connectivity index (χ0) is 23.0. The highest BCUT2D eigenvalue weighted by molar-refractivity contribution is 5.95. The predicted molar refractivity (Wildman–Crippen MR) is 129 cm³/mol. The summed E-state index contributed by atoms with van der Waals surface area (Å²) in [5.74, 6) is -0.217. The van der Waals surface area contributed by atoms with Gasteiger partial charge in [0.05, 0.1) is 11.4 Å². The largest absolute Gasteiger partial charge is 0.324 e. The maximum Gasteiger partial charge on any atom is 0.253 e. The molecule has 164 valence electrons. The molecule has 6 heteroatoms. The lowest BCUT2D eigenvalue weighted by molar-refractivity contribution is -0.119. The molecule has 1 amide bonds. The first-order valence-corrected chi connectivity index (χ1v) is 10.9. The van der Waals surface area contributed by atoms with Crippen LogP contribution in [0.3, 0.4) is 0 Å². The van der Waals surface area contributed by atoms with E-state index in [0.717, 1.165) is 39.1 Å². The van der Waals surface area contributed by atoms with Gasteiger partial charge in [-0.2, -0.15) is 5.10 Å². The van der Waals surface area contributed by atoms with Crippen molar-refractivity contribution >= 4 is 22.6 Å². The molecule has 0 fully saturated rings. The molecular weight excluding hydrogens is 400 g/mol. The van der Waals surface area contributed by atoms with Gasteiger partial charge in [0.25, 0.3) is 5.56 Å². The Morgan fingerprint density at radius 1 is 1.00 bits per heavy atom. The van der Waals surface area contributed by atoms with E-state index in [9.17, 15) is 9.59 Å². The van der Waals surface area contributed by atoms with Gasteiger partial charge < -0.3 is 5.32 Å². The predicted octanol–water partition coefficient (Wildman–Crippen LogP) is 5.01. The Bertz CT molecular complexity index is 1370. The molecule has 0 radical (unpaired) electrons. The second kappa shape index (κ2) is 8.46. The van der Waals surface area contributed by atoms with E-state index in [4.69, 9.17) is 5.10 Å². The Labute approximate surface area is 187 Å². The molecule has 4 rings (SSSR count). The fourth-order valence-electron chi connectivity index (χ4n) is 4.34. The Morgan fingerprint density at radius 3 is 2.38 bits per heavy atom. The highest BCUT2D eigenvalue weighted by atomic mass is 16.2. The van der Waals surface area contributed by atoms with Crippen LogP contribution in [0, 0.1) is 27.7 Å². The number of rotatable bonds is 5. The summed E-state index contributed by atoms with van der Waals surface area (Å²) in [6.07, 6.45) is 0.466. The summed E-state index contributed by atoms with van der Waals surface area (Å²) in [6.45, 7) is 9.74. The molecule has 0 aliphatic rings. The average molecular weight is 429 g/mol. The molecule has 2 aromatic heterocycles. The van der Waals surface area contributed by atoms with E-state index >= 15 is 0 Å². The van der Waals surface area contributed by atoms with E-state index in [1.165, 1.54) is 0 Å². The van der Waals surface area contributed by atoms with Crippen LogP contribution < -0.4 is 10.9 Å². The number of carbonyl (C=O) groups excluding carboxylic acids is 1. The van der Waals surface area contributed by atoms with E-state index in [2.05, 4.69) is 5.32 Å². The van der Waals surface area contributed by atoms with Crippen molar-refractivity contribution in [3.63, 3.8) is 0 Å². The third-order valence-electron chi connectivity index (χ3n) is 5.88. The number of hydrogen-bond acceptors (Lipinski definition) is 3. The number of nitrogens with one attached hydrogen (secondary N) is 1. The second-order valence-corrected chi connectivity index (χ2v) is 8.30. The highest BCUT2D eigenvalue weighted by Crippen LogP contribution is 2.27. The first-order chi connectivity index (χ1) is 15.3. The fraction of sp³-hybridized carbons (Fsp3) is 0.269. The Morgan fingerprint density at radius 2 is 1.72 bits per heavy atom. The minimum atomic E-state index is -0.676. The Hall–Kier alpha value is -3.67. The molecule has 32 heavy (non-hydrogen) atoms. The summed E-state index contributed by atoms with van der Waals surface area (Å²) in [4.78, 5) is 26.7. The number of hydrogen-bond donors (Lipinski definition) is 1. The first kappa shape index (κ1) is 21.6. The molecule has 2 heterocycles.